The third-order valence-corrected chi connectivity index (χ3v) is 4.56. The Morgan fingerprint density at radius 1 is 1.25 bits per heavy atom. The van der Waals surface area contributed by atoms with Gasteiger partial charge in [-0.25, -0.2) is 9.37 Å². The zero-order valence-electron chi connectivity index (χ0n) is 12.7. The van der Waals surface area contributed by atoms with Crippen LogP contribution < -0.4 is 9.47 Å². The minimum atomic E-state index is -0.702. The van der Waals surface area contributed by atoms with E-state index in [0.717, 1.165) is 11.8 Å². The Balaban J connectivity index is 1.93. The van der Waals surface area contributed by atoms with Crippen molar-refractivity contribution in [1.29, 1.82) is 0 Å². The van der Waals surface area contributed by atoms with Crippen molar-refractivity contribution in [1.82, 2.24) is 14.8 Å². The van der Waals surface area contributed by atoms with E-state index in [9.17, 15) is 8.87 Å². The van der Waals surface area contributed by atoms with E-state index in [0.29, 0.717) is 21.3 Å². The summed E-state index contributed by atoms with van der Waals surface area (Å²) in [5.41, 5.74) is 0.479. The molecule has 0 radical (unpaired) electrons. The Hall–Kier alpha value is -2.06. The molecule has 0 atom stereocenters. The SMILES string of the molecule is COc1ccc2c(nc(SCc3nccc(Cl)c3OC)n2F)c1F. The summed E-state index contributed by atoms with van der Waals surface area (Å²) in [6, 6.07) is 4.36. The van der Waals surface area contributed by atoms with E-state index in [1.807, 2.05) is 0 Å². The van der Waals surface area contributed by atoms with Gasteiger partial charge in [0.05, 0.1) is 24.9 Å². The lowest BCUT2D eigenvalue weighted by Gasteiger charge is -2.07. The maximum atomic E-state index is 14.4. The maximum absolute atomic E-state index is 14.4. The number of methoxy groups -OCH3 is 2. The normalized spacial score (nSPS) is 11.0. The van der Waals surface area contributed by atoms with E-state index in [4.69, 9.17) is 21.1 Å². The third kappa shape index (κ3) is 2.87. The average Bonchev–Trinajstić information content (AvgIpc) is 2.90. The lowest BCUT2D eigenvalue weighted by Crippen LogP contribution is -1.95. The van der Waals surface area contributed by atoms with Crippen LogP contribution in [0.3, 0.4) is 0 Å². The first-order chi connectivity index (χ1) is 11.6. The molecule has 2 aromatic heterocycles. The highest BCUT2D eigenvalue weighted by Gasteiger charge is 2.19. The smallest absolute Gasteiger partial charge is 0.199 e. The molecule has 2 heterocycles. The molecule has 0 aliphatic carbocycles. The molecule has 0 amide bonds. The lowest BCUT2D eigenvalue weighted by atomic mass is 10.3. The molecule has 0 bridgehead atoms. The summed E-state index contributed by atoms with van der Waals surface area (Å²) in [6.07, 6.45) is 1.53. The van der Waals surface area contributed by atoms with E-state index < -0.39 is 5.82 Å². The summed E-state index contributed by atoms with van der Waals surface area (Å²) < 4.78 is 38.6. The summed E-state index contributed by atoms with van der Waals surface area (Å²) in [7, 11) is 2.81. The predicted octanol–water partition coefficient (Wildman–Crippen LogP) is 4.27. The highest BCUT2D eigenvalue weighted by Crippen LogP contribution is 2.34. The topological polar surface area (TPSA) is 49.2 Å². The highest BCUT2D eigenvalue weighted by molar-refractivity contribution is 7.98. The monoisotopic (exact) mass is 371 g/mol. The first-order valence-electron chi connectivity index (χ1n) is 6.78. The van der Waals surface area contributed by atoms with E-state index in [1.165, 1.54) is 32.5 Å². The lowest BCUT2D eigenvalue weighted by molar-refractivity contribution is 0.346. The number of ether oxygens (including phenoxy) is 2. The molecular formula is C15H12ClF2N3O2S. The second-order valence-electron chi connectivity index (χ2n) is 4.69. The van der Waals surface area contributed by atoms with Gasteiger partial charge in [-0.15, -0.1) is 0 Å². The van der Waals surface area contributed by atoms with Gasteiger partial charge in [0.1, 0.15) is 11.0 Å². The fourth-order valence-electron chi connectivity index (χ4n) is 2.21. The van der Waals surface area contributed by atoms with Gasteiger partial charge in [-0.1, -0.05) is 27.8 Å². The number of aromatic nitrogens is 3. The first kappa shape index (κ1) is 16.8. The molecule has 9 heteroatoms. The Labute approximate surface area is 145 Å². The van der Waals surface area contributed by atoms with Crippen molar-refractivity contribution in [2.24, 2.45) is 0 Å². The summed E-state index contributed by atoms with van der Waals surface area (Å²) in [5.74, 6) is -0.0153. The largest absolute Gasteiger partial charge is 0.494 e. The van der Waals surface area contributed by atoms with Crippen molar-refractivity contribution in [3.05, 3.63) is 40.9 Å². The Morgan fingerprint density at radius 2 is 2.04 bits per heavy atom. The van der Waals surface area contributed by atoms with Crippen LogP contribution in [0, 0.1) is 5.82 Å². The highest BCUT2D eigenvalue weighted by atomic mass is 35.5. The van der Waals surface area contributed by atoms with Gasteiger partial charge in [0.25, 0.3) is 0 Å². The quantitative estimate of drug-likeness (QED) is 0.627. The molecule has 1 aromatic carbocycles. The van der Waals surface area contributed by atoms with Crippen LogP contribution in [0.15, 0.2) is 29.6 Å². The number of hydrogen-bond acceptors (Lipinski definition) is 5. The second-order valence-corrected chi connectivity index (χ2v) is 6.04. The first-order valence-corrected chi connectivity index (χ1v) is 8.14. The molecule has 0 spiro atoms. The minimum Gasteiger partial charge on any atom is -0.494 e. The third-order valence-electron chi connectivity index (χ3n) is 3.34. The van der Waals surface area contributed by atoms with E-state index in [-0.39, 0.29) is 27.7 Å². The molecule has 3 rings (SSSR count). The number of thioether (sulfide) groups is 1. The summed E-state index contributed by atoms with van der Waals surface area (Å²) in [6.45, 7) is 0. The number of rotatable bonds is 5. The zero-order chi connectivity index (χ0) is 17.3. The summed E-state index contributed by atoms with van der Waals surface area (Å²) in [4.78, 5) is 8.51. The number of hydrogen-bond donors (Lipinski definition) is 0. The Kier molecular flexibility index (Phi) is 4.77. The van der Waals surface area contributed by atoms with Crippen LogP contribution in [-0.2, 0) is 5.75 Å². The van der Waals surface area contributed by atoms with Gasteiger partial charge in [0, 0.05) is 11.9 Å². The van der Waals surface area contributed by atoms with Crippen molar-refractivity contribution in [3.8, 4) is 11.5 Å². The maximum Gasteiger partial charge on any atom is 0.199 e. The Bertz CT molecular complexity index is 904. The molecule has 0 saturated carbocycles. The number of nitrogens with zero attached hydrogens (tertiary/aromatic N) is 3. The van der Waals surface area contributed by atoms with E-state index >= 15 is 0 Å². The molecule has 0 saturated heterocycles. The number of benzene rings is 1. The van der Waals surface area contributed by atoms with Gasteiger partial charge in [0.15, 0.2) is 22.5 Å². The van der Waals surface area contributed by atoms with Crippen LogP contribution >= 0.6 is 23.4 Å². The zero-order valence-corrected chi connectivity index (χ0v) is 14.3. The Morgan fingerprint density at radius 3 is 2.75 bits per heavy atom. The van der Waals surface area contributed by atoms with Crippen molar-refractivity contribution in [2.45, 2.75) is 10.9 Å². The molecular weight excluding hydrogens is 360 g/mol. The number of pyridine rings is 1. The number of halogens is 3. The van der Waals surface area contributed by atoms with Crippen molar-refractivity contribution >= 4 is 34.4 Å². The van der Waals surface area contributed by atoms with Crippen LogP contribution in [0.4, 0.5) is 8.87 Å². The van der Waals surface area contributed by atoms with Crippen LogP contribution in [-0.4, -0.2) is 29.0 Å². The molecule has 0 fully saturated rings. The van der Waals surface area contributed by atoms with Gasteiger partial charge < -0.3 is 9.47 Å². The number of fused-ring (bicyclic) bond motifs is 1. The fraction of sp³-hybridized carbons (Fsp3) is 0.200. The molecule has 24 heavy (non-hydrogen) atoms. The van der Waals surface area contributed by atoms with Gasteiger partial charge in [-0.3, -0.25) is 4.98 Å². The summed E-state index contributed by atoms with van der Waals surface area (Å²) in [5, 5.41) is 0.411. The van der Waals surface area contributed by atoms with Crippen LogP contribution in [0.1, 0.15) is 5.69 Å². The van der Waals surface area contributed by atoms with Gasteiger partial charge >= 0.3 is 0 Å². The van der Waals surface area contributed by atoms with Crippen LogP contribution in [0.5, 0.6) is 11.5 Å². The van der Waals surface area contributed by atoms with E-state index in [2.05, 4.69) is 9.97 Å². The molecule has 0 aliphatic rings. The molecule has 0 unspecified atom stereocenters. The van der Waals surface area contributed by atoms with Gasteiger partial charge in [0.2, 0.25) is 0 Å². The fourth-order valence-corrected chi connectivity index (χ4v) is 3.29. The molecule has 0 N–H and O–H groups in total. The molecule has 3 aromatic rings. The standard InChI is InChI=1S/C15H12ClF2N3O2S/c1-22-11-4-3-10-13(12(11)17)20-15(21(10)18)24-7-9-14(23-2)8(16)5-6-19-9/h3-6H,7H2,1-2H3. The van der Waals surface area contributed by atoms with Crippen molar-refractivity contribution in [3.63, 3.8) is 0 Å². The predicted molar refractivity (Wildman–Crippen MR) is 88.1 cm³/mol. The van der Waals surface area contributed by atoms with E-state index in [1.54, 1.807) is 6.07 Å². The van der Waals surface area contributed by atoms with Crippen molar-refractivity contribution < 1.29 is 18.3 Å². The second kappa shape index (κ2) is 6.82. The molecule has 0 aliphatic heterocycles. The van der Waals surface area contributed by atoms with Crippen LogP contribution in [0.25, 0.3) is 11.0 Å². The minimum absolute atomic E-state index is 0.000909. The number of imidazole rings is 1. The van der Waals surface area contributed by atoms with Crippen molar-refractivity contribution in [2.75, 3.05) is 14.2 Å². The van der Waals surface area contributed by atoms with Gasteiger partial charge in [-0.05, 0) is 18.2 Å². The summed E-state index contributed by atoms with van der Waals surface area (Å²) >= 11 is 7.08. The molecule has 5 nitrogen and oxygen atoms in total. The average molecular weight is 372 g/mol. The molecule has 126 valence electrons. The van der Waals surface area contributed by atoms with Crippen LogP contribution in [0.2, 0.25) is 5.02 Å². The van der Waals surface area contributed by atoms with Gasteiger partial charge in [-0.2, -0.15) is 4.79 Å².